The van der Waals surface area contributed by atoms with Gasteiger partial charge in [0, 0.05) is 17.8 Å². The zero-order valence-corrected chi connectivity index (χ0v) is 20.7. The van der Waals surface area contributed by atoms with Crippen molar-refractivity contribution in [1.29, 1.82) is 0 Å². The second-order valence-corrected chi connectivity index (χ2v) is 9.98. The number of rotatable bonds is 5. The molecule has 4 rings (SSSR count). The molecule has 0 spiro atoms. The highest BCUT2D eigenvalue weighted by molar-refractivity contribution is 6.08. The van der Waals surface area contributed by atoms with E-state index in [1.807, 2.05) is 65.0 Å². The van der Waals surface area contributed by atoms with Crippen molar-refractivity contribution in [3.05, 3.63) is 88.2 Å². The Kier molecular flexibility index (Phi) is 6.52. The van der Waals surface area contributed by atoms with E-state index >= 15 is 0 Å². The molecule has 1 heterocycles. The molecule has 0 saturated heterocycles. The summed E-state index contributed by atoms with van der Waals surface area (Å²) < 4.78 is 20.5. The van der Waals surface area contributed by atoms with Crippen LogP contribution < -0.4 is 4.90 Å². The number of carbonyl (C=O) groups excluding carboxylic acids is 1. The SMILES string of the molecule is Cc1ccc(-c2c3c(cc(C)c2C(OC(C)(C)C)C(=O)O)N(C(=O)c2ccccc2F)CC3)cc1. The highest BCUT2D eigenvalue weighted by Crippen LogP contribution is 2.45. The van der Waals surface area contributed by atoms with Crippen molar-refractivity contribution in [2.45, 2.75) is 52.7 Å². The van der Waals surface area contributed by atoms with Gasteiger partial charge in [-0.2, -0.15) is 0 Å². The van der Waals surface area contributed by atoms with Crippen LogP contribution in [-0.4, -0.2) is 29.1 Å². The summed E-state index contributed by atoms with van der Waals surface area (Å²) in [5.41, 5.74) is 4.84. The van der Waals surface area contributed by atoms with Crippen molar-refractivity contribution in [3.63, 3.8) is 0 Å². The lowest BCUT2D eigenvalue weighted by Crippen LogP contribution is -2.30. The van der Waals surface area contributed by atoms with Crippen LogP contribution >= 0.6 is 0 Å². The third-order valence-electron chi connectivity index (χ3n) is 6.18. The molecule has 1 atom stereocenters. The number of carboxylic acids is 1. The minimum Gasteiger partial charge on any atom is -0.479 e. The largest absolute Gasteiger partial charge is 0.479 e. The average Bonchev–Trinajstić information content (AvgIpc) is 3.20. The van der Waals surface area contributed by atoms with Gasteiger partial charge in [0.25, 0.3) is 5.91 Å². The standard InChI is InChI=1S/C29H30FNO4/c1-17-10-12-19(13-11-17)25-21-14-15-31(27(32)20-8-6-7-9-22(20)30)23(21)16-18(2)24(25)26(28(33)34)35-29(3,4)5/h6-13,16,26H,14-15H2,1-5H3,(H,33,34). The third-order valence-corrected chi connectivity index (χ3v) is 6.18. The van der Waals surface area contributed by atoms with Gasteiger partial charge in [0.05, 0.1) is 11.2 Å². The van der Waals surface area contributed by atoms with Crippen molar-refractivity contribution in [2.24, 2.45) is 0 Å². The van der Waals surface area contributed by atoms with Gasteiger partial charge in [-0.1, -0.05) is 42.0 Å². The van der Waals surface area contributed by atoms with E-state index in [1.54, 1.807) is 17.0 Å². The van der Waals surface area contributed by atoms with Gasteiger partial charge in [0.2, 0.25) is 0 Å². The van der Waals surface area contributed by atoms with Crippen LogP contribution in [0, 0.1) is 19.7 Å². The zero-order valence-electron chi connectivity index (χ0n) is 20.7. The molecule has 0 bridgehead atoms. The Balaban J connectivity index is 1.94. The first kappa shape index (κ1) is 24.6. The van der Waals surface area contributed by atoms with Gasteiger partial charge >= 0.3 is 5.97 Å². The molecule has 1 amide bonds. The summed E-state index contributed by atoms with van der Waals surface area (Å²) in [6.07, 6.45) is -0.665. The number of carboxylic acid groups (broad SMARTS) is 1. The van der Waals surface area contributed by atoms with Gasteiger partial charge in [-0.3, -0.25) is 4.79 Å². The van der Waals surface area contributed by atoms with Gasteiger partial charge in [0.1, 0.15) is 5.82 Å². The quantitative estimate of drug-likeness (QED) is 0.473. The van der Waals surface area contributed by atoms with Crippen LogP contribution in [0.15, 0.2) is 54.6 Å². The molecule has 5 nitrogen and oxygen atoms in total. The molecule has 0 saturated carbocycles. The van der Waals surface area contributed by atoms with Gasteiger partial charge in [-0.05, 0) is 81.5 Å². The second kappa shape index (κ2) is 9.27. The van der Waals surface area contributed by atoms with Crippen LogP contribution in [-0.2, 0) is 16.0 Å². The predicted octanol–water partition coefficient (Wildman–Crippen LogP) is 6.25. The lowest BCUT2D eigenvalue weighted by molar-refractivity contribution is -0.160. The number of ether oxygens (including phenoxy) is 1. The first-order valence-corrected chi connectivity index (χ1v) is 11.7. The fourth-order valence-electron chi connectivity index (χ4n) is 4.66. The molecule has 35 heavy (non-hydrogen) atoms. The summed E-state index contributed by atoms with van der Waals surface area (Å²) in [4.78, 5) is 27.3. The normalized spacial score (nSPS) is 14.1. The monoisotopic (exact) mass is 475 g/mol. The Labute approximate surface area is 205 Å². The maximum absolute atomic E-state index is 14.4. The lowest BCUT2D eigenvalue weighted by Gasteiger charge is -2.29. The van der Waals surface area contributed by atoms with Crippen LogP contribution in [0.5, 0.6) is 0 Å². The number of aryl methyl sites for hydroxylation is 2. The summed E-state index contributed by atoms with van der Waals surface area (Å²) in [7, 11) is 0. The van der Waals surface area contributed by atoms with Crippen LogP contribution in [0.25, 0.3) is 11.1 Å². The number of hydrogen-bond donors (Lipinski definition) is 1. The fraction of sp³-hybridized carbons (Fsp3) is 0.310. The Morgan fingerprint density at radius 2 is 1.71 bits per heavy atom. The molecule has 0 aromatic heterocycles. The minimum atomic E-state index is -1.19. The molecule has 1 N–H and O–H groups in total. The average molecular weight is 476 g/mol. The number of aliphatic carboxylic acids is 1. The van der Waals surface area contributed by atoms with Crippen LogP contribution in [0.3, 0.4) is 0 Å². The lowest BCUT2D eigenvalue weighted by atomic mass is 9.86. The highest BCUT2D eigenvalue weighted by Gasteiger charge is 2.36. The van der Waals surface area contributed by atoms with Crippen molar-refractivity contribution in [2.75, 3.05) is 11.4 Å². The molecule has 1 aliphatic heterocycles. The molecule has 0 radical (unpaired) electrons. The number of anilines is 1. The van der Waals surface area contributed by atoms with Crippen LogP contribution in [0.1, 0.15) is 59.5 Å². The van der Waals surface area contributed by atoms with E-state index in [4.69, 9.17) is 4.74 Å². The summed E-state index contributed by atoms with van der Waals surface area (Å²) in [6.45, 7) is 9.67. The van der Waals surface area contributed by atoms with E-state index < -0.39 is 29.4 Å². The highest BCUT2D eigenvalue weighted by atomic mass is 19.1. The van der Waals surface area contributed by atoms with E-state index in [1.165, 1.54) is 12.1 Å². The number of carbonyl (C=O) groups is 2. The Morgan fingerprint density at radius 1 is 1.06 bits per heavy atom. The third kappa shape index (κ3) is 4.84. The maximum Gasteiger partial charge on any atom is 0.337 e. The number of fused-ring (bicyclic) bond motifs is 1. The van der Waals surface area contributed by atoms with E-state index in [9.17, 15) is 19.1 Å². The predicted molar refractivity (Wildman–Crippen MR) is 134 cm³/mol. The summed E-state index contributed by atoms with van der Waals surface area (Å²) in [6, 6.07) is 15.7. The fourth-order valence-corrected chi connectivity index (χ4v) is 4.66. The molecule has 3 aromatic rings. The number of hydrogen-bond acceptors (Lipinski definition) is 3. The van der Waals surface area contributed by atoms with Gasteiger partial charge in [-0.25, -0.2) is 9.18 Å². The van der Waals surface area contributed by atoms with Crippen LogP contribution in [0.4, 0.5) is 10.1 Å². The van der Waals surface area contributed by atoms with Crippen molar-refractivity contribution in [1.82, 2.24) is 0 Å². The van der Waals surface area contributed by atoms with Gasteiger partial charge < -0.3 is 14.7 Å². The first-order valence-electron chi connectivity index (χ1n) is 11.7. The number of nitrogens with zero attached hydrogens (tertiary/aromatic N) is 1. The second-order valence-electron chi connectivity index (χ2n) is 9.98. The topological polar surface area (TPSA) is 66.8 Å². The van der Waals surface area contributed by atoms with E-state index in [2.05, 4.69) is 0 Å². The molecule has 1 unspecified atom stereocenters. The smallest absolute Gasteiger partial charge is 0.337 e. The molecular weight excluding hydrogens is 445 g/mol. The molecule has 6 heteroatoms. The van der Waals surface area contributed by atoms with Crippen LogP contribution in [0.2, 0.25) is 0 Å². The molecule has 0 aliphatic carbocycles. The number of amides is 1. The Hall–Kier alpha value is -3.51. The maximum atomic E-state index is 14.4. The Morgan fingerprint density at radius 3 is 2.31 bits per heavy atom. The van der Waals surface area contributed by atoms with Gasteiger partial charge in [0.15, 0.2) is 6.10 Å². The molecule has 182 valence electrons. The molecule has 0 fully saturated rings. The number of halogens is 1. The van der Waals surface area contributed by atoms with E-state index in [0.717, 1.165) is 22.3 Å². The first-order chi connectivity index (χ1) is 16.5. The van der Waals surface area contributed by atoms with E-state index in [-0.39, 0.29) is 5.56 Å². The summed E-state index contributed by atoms with van der Waals surface area (Å²) in [5, 5.41) is 10.2. The molecule has 1 aliphatic rings. The van der Waals surface area contributed by atoms with Crippen molar-refractivity contribution >= 4 is 17.6 Å². The van der Waals surface area contributed by atoms with E-state index in [0.29, 0.717) is 29.8 Å². The zero-order chi connectivity index (χ0) is 25.5. The number of benzene rings is 3. The summed E-state index contributed by atoms with van der Waals surface area (Å²) >= 11 is 0. The minimum absolute atomic E-state index is 0.0124. The van der Waals surface area contributed by atoms with Crippen molar-refractivity contribution < 1.29 is 23.8 Å². The van der Waals surface area contributed by atoms with Crippen molar-refractivity contribution in [3.8, 4) is 11.1 Å². The Bertz CT molecular complexity index is 1290. The van der Waals surface area contributed by atoms with Gasteiger partial charge in [-0.15, -0.1) is 0 Å². The molecular formula is C29H30FNO4. The summed E-state index contributed by atoms with van der Waals surface area (Å²) in [5.74, 6) is -2.05. The molecule has 3 aromatic carbocycles.